The van der Waals surface area contributed by atoms with Gasteiger partial charge in [-0.1, -0.05) is 84.0 Å². The summed E-state index contributed by atoms with van der Waals surface area (Å²) in [6, 6.07) is 0. The molecule has 0 rings (SSSR count). The minimum atomic E-state index is -4.22. The third-order valence-corrected chi connectivity index (χ3v) is 6.13. The molecule has 0 aliphatic carbocycles. The fourth-order valence-electron chi connectivity index (χ4n) is 3.15. The maximum Gasteiger partial charge on any atom is 0.472 e. The van der Waals surface area contributed by atoms with Gasteiger partial charge in [-0.15, -0.1) is 0 Å². The molecule has 0 amide bonds. The van der Waals surface area contributed by atoms with E-state index in [0.717, 1.165) is 19.3 Å². The number of rotatable bonds is 23. The highest BCUT2D eigenvalue weighted by Crippen LogP contribution is 2.42. The first kappa shape index (κ1) is 31.5. The van der Waals surface area contributed by atoms with E-state index < -0.39 is 20.5 Å². The van der Waals surface area contributed by atoms with Crippen LogP contribution in [0.4, 0.5) is 0 Å². The zero-order valence-corrected chi connectivity index (χ0v) is 21.5. The van der Waals surface area contributed by atoms with E-state index in [1.807, 2.05) is 14.1 Å². The molecule has 0 heterocycles. The fourth-order valence-corrected chi connectivity index (χ4v) is 3.90. The molecule has 0 aliphatic heterocycles. The summed E-state index contributed by atoms with van der Waals surface area (Å²) in [7, 11) is -0.605. The summed E-state index contributed by atoms with van der Waals surface area (Å²) in [6.45, 7) is 2.03. The monoisotopic (exact) mass is 481 g/mol. The van der Waals surface area contributed by atoms with Crippen LogP contribution >= 0.6 is 7.82 Å². The van der Waals surface area contributed by atoms with E-state index in [2.05, 4.69) is 6.92 Å². The Morgan fingerprint density at radius 1 is 0.844 bits per heavy atom. The molecule has 0 radical (unpaired) electrons. The van der Waals surface area contributed by atoms with E-state index >= 15 is 0 Å². The number of carbonyl (C=O) groups excluding carboxylic acids is 1. The quantitative estimate of drug-likeness (QED) is 0.118. The van der Waals surface area contributed by atoms with Crippen molar-refractivity contribution in [2.75, 3.05) is 40.5 Å². The molecule has 0 fully saturated rings. The Kier molecular flexibility index (Phi) is 20.7. The van der Waals surface area contributed by atoms with E-state index in [0.29, 0.717) is 13.0 Å². The maximum absolute atomic E-state index is 11.7. The zero-order chi connectivity index (χ0) is 24.1. The number of unbranched alkanes of at least 4 members (excludes halogenated alkanes) is 12. The second kappa shape index (κ2) is 21.1. The molecule has 2 atom stereocenters. The summed E-state index contributed by atoms with van der Waals surface area (Å²) in [6.07, 6.45) is 15.3. The minimum Gasteiger partial charge on any atom is -0.463 e. The average molecular weight is 482 g/mol. The van der Waals surface area contributed by atoms with Crippen LogP contribution in [0.15, 0.2) is 0 Å². The van der Waals surface area contributed by atoms with Crippen molar-refractivity contribution in [3.05, 3.63) is 0 Å². The molecule has 0 bridgehead atoms. The van der Waals surface area contributed by atoms with Crippen LogP contribution in [0.25, 0.3) is 0 Å². The summed E-state index contributed by atoms with van der Waals surface area (Å²) >= 11 is 0. The zero-order valence-electron chi connectivity index (χ0n) is 20.6. The summed E-state index contributed by atoms with van der Waals surface area (Å²) in [5.41, 5.74) is 0. The lowest BCUT2D eigenvalue weighted by Crippen LogP contribution is -2.24. The normalized spacial score (nSPS) is 14.4. The molecule has 2 N–H and O–H groups in total. The van der Waals surface area contributed by atoms with Gasteiger partial charge in [0, 0.05) is 13.0 Å². The standard InChI is InChI=1S/C23H48NO7P/c1-4-5-6-7-8-9-10-11-12-13-14-15-16-17-23(26)29-20-22(25)21-31-32(27,28)30-19-18-24(2)3/h22,25H,4-21H2,1-3H3,(H,27,28)/t22-/m1/s1. The number of likely N-dealkylation sites (N-methyl/N-ethyl adjacent to an activating group) is 1. The summed E-state index contributed by atoms with van der Waals surface area (Å²) in [5.74, 6) is -0.374. The third kappa shape index (κ3) is 22.7. The van der Waals surface area contributed by atoms with Gasteiger partial charge in [0.2, 0.25) is 0 Å². The number of hydrogen-bond donors (Lipinski definition) is 2. The molecular weight excluding hydrogens is 433 g/mol. The minimum absolute atomic E-state index is 0.0327. The van der Waals surface area contributed by atoms with Crippen molar-refractivity contribution < 1.29 is 33.1 Å². The highest BCUT2D eigenvalue weighted by atomic mass is 31.2. The average Bonchev–Trinajstić information content (AvgIpc) is 2.73. The number of hydrogen-bond acceptors (Lipinski definition) is 7. The van der Waals surface area contributed by atoms with Gasteiger partial charge in [0.1, 0.15) is 12.7 Å². The van der Waals surface area contributed by atoms with Crippen LogP contribution in [0, 0.1) is 0 Å². The van der Waals surface area contributed by atoms with Gasteiger partial charge in [-0.05, 0) is 20.5 Å². The first-order chi connectivity index (χ1) is 15.3. The highest BCUT2D eigenvalue weighted by molar-refractivity contribution is 7.47. The van der Waals surface area contributed by atoms with Gasteiger partial charge in [-0.3, -0.25) is 13.8 Å². The van der Waals surface area contributed by atoms with E-state index in [1.165, 1.54) is 64.2 Å². The van der Waals surface area contributed by atoms with Crippen LogP contribution in [0.2, 0.25) is 0 Å². The largest absolute Gasteiger partial charge is 0.472 e. The number of phosphoric ester groups is 1. The van der Waals surface area contributed by atoms with Crippen LogP contribution in [0.1, 0.15) is 96.8 Å². The van der Waals surface area contributed by atoms with Crippen molar-refractivity contribution in [2.24, 2.45) is 0 Å². The second-order valence-electron chi connectivity index (χ2n) is 8.73. The molecule has 8 nitrogen and oxygen atoms in total. The van der Waals surface area contributed by atoms with E-state index in [-0.39, 0.29) is 19.2 Å². The SMILES string of the molecule is CCCCCCCCCCCCCCCC(=O)OC[C@@H](O)COP(=O)(O)OCCN(C)C. The molecule has 0 saturated heterocycles. The number of esters is 1. The van der Waals surface area contributed by atoms with Gasteiger partial charge in [0.25, 0.3) is 0 Å². The van der Waals surface area contributed by atoms with Crippen molar-refractivity contribution in [1.82, 2.24) is 4.90 Å². The van der Waals surface area contributed by atoms with Crippen LogP contribution in [-0.4, -0.2) is 67.4 Å². The lowest BCUT2D eigenvalue weighted by molar-refractivity contribution is -0.147. The Bertz CT molecular complexity index is 491. The number of aliphatic hydroxyl groups is 1. The summed E-state index contributed by atoms with van der Waals surface area (Å²) in [4.78, 5) is 23.1. The van der Waals surface area contributed by atoms with Gasteiger partial charge >= 0.3 is 13.8 Å². The predicted octanol–water partition coefficient (Wildman–Crippen LogP) is 5.07. The fraction of sp³-hybridized carbons (Fsp3) is 0.957. The molecule has 0 aromatic rings. The van der Waals surface area contributed by atoms with E-state index in [9.17, 15) is 19.4 Å². The van der Waals surface area contributed by atoms with Crippen molar-refractivity contribution in [3.63, 3.8) is 0 Å². The van der Waals surface area contributed by atoms with Gasteiger partial charge in [0.15, 0.2) is 0 Å². The van der Waals surface area contributed by atoms with Crippen molar-refractivity contribution in [1.29, 1.82) is 0 Å². The van der Waals surface area contributed by atoms with Crippen LogP contribution < -0.4 is 0 Å². The Morgan fingerprint density at radius 3 is 1.84 bits per heavy atom. The Labute approximate surface area is 195 Å². The highest BCUT2D eigenvalue weighted by Gasteiger charge is 2.23. The van der Waals surface area contributed by atoms with Crippen molar-refractivity contribution in [3.8, 4) is 0 Å². The van der Waals surface area contributed by atoms with Crippen molar-refractivity contribution >= 4 is 13.8 Å². The number of ether oxygens (including phenoxy) is 1. The van der Waals surface area contributed by atoms with E-state index in [1.54, 1.807) is 4.90 Å². The summed E-state index contributed by atoms with van der Waals surface area (Å²) in [5, 5.41) is 9.76. The molecular formula is C23H48NO7P. The first-order valence-electron chi connectivity index (χ1n) is 12.4. The van der Waals surface area contributed by atoms with Crippen LogP contribution in [0.3, 0.4) is 0 Å². The number of carbonyl (C=O) groups is 1. The molecule has 0 aromatic carbocycles. The number of nitrogens with zero attached hydrogens (tertiary/aromatic N) is 1. The second-order valence-corrected chi connectivity index (χ2v) is 10.2. The van der Waals surface area contributed by atoms with E-state index in [4.69, 9.17) is 13.8 Å². The molecule has 9 heteroatoms. The first-order valence-corrected chi connectivity index (χ1v) is 13.9. The predicted molar refractivity (Wildman–Crippen MR) is 128 cm³/mol. The molecule has 1 unspecified atom stereocenters. The lowest BCUT2D eigenvalue weighted by Gasteiger charge is -2.16. The van der Waals surface area contributed by atoms with Gasteiger partial charge in [0.05, 0.1) is 13.2 Å². The maximum atomic E-state index is 11.7. The smallest absolute Gasteiger partial charge is 0.463 e. The Hall–Kier alpha value is -0.500. The van der Waals surface area contributed by atoms with Gasteiger partial charge < -0.3 is 19.6 Å². The molecule has 192 valence electrons. The van der Waals surface area contributed by atoms with Crippen molar-refractivity contribution in [2.45, 2.75) is 103 Å². The van der Waals surface area contributed by atoms with Crippen LogP contribution in [0.5, 0.6) is 0 Å². The molecule has 0 aromatic heterocycles. The Morgan fingerprint density at radius 2 is 1.34 bits per heavy atom. The summed E-state index contributed by atoms with van der Waals surface area (Å²) < 4.78 is 26.2. The third-order valence-electron chi connectivity index (χ3n) is 5.14. The lowest BCUT2D eigenvalue weighted by atomic mass is 10.0. The molecule has 0 spiro atoms. The number of phosphoric acid groups is 1. The number of aliphatic hydroxyl groups excluding tert-OH is 1. The molecule has 0 saturated carbocycles. The Balaban J connectivity index is 3.52. The van der Waals surface area contributed by atoms with Gasteiger partial charge in [-0.2, -0.15) is 0 Å². The topological polar surface area (TPSA) is 106 Å². The van der Waals surface area contributed by atoms with Gasteiger partial charge in [-0.25, -0.2) is 4.57 Å². The molecule has 0 aliphatic rings. The van der Waals surface area contributed by atoms with Crippen LogP contribution in [-0.2, 0) is 23.1 Å². The molecule has 32 heavy (non-hydrogen) atoms.